The lowest BCUT2D eigenvalue weighted by Crippen LogP contribution is -2.51. The van der Waals surface area contributed by atoms with Crippen LogP contribution >= 0.6 is 0 Å². The average molecular weight is 1010 g/mol. The van der Waals surface area contributed by atoms with E-state index in [4.69, 9.17) is 4.74 Å². The Morgan fingerprint density at radius 1 is 0.534 bits per heavy atom. The molecule has 0 radical (unpaired) electrons. The summed E-state index contributed by atoms with van der Waals surface area (Å²) in [7, 11) is 0. The maximum Gasteiger partial charge on any atom is 0.306 e. The number of hydrogen-bond donors (Lipinski definition) is 0. The van der Waals surface area contributed by atoms with Gasteiger partial charge in [0.25, 0.3) is 0 Å². The second-order valence-electron chi connectivity index (χ2n) is 25.4. The van der Waals surface area contributed by atoms with Crippen molar-refractivity contribution in [1.82, 2.24) is 0 Å². The molecular weight excluding hydrogens is 885 g/mol. The Bertz CT molecular complexity index is 1620. The van der Waals surface area contributed by atoms with Crippen LogP contribution in [0.1, 0.15) is 305 Å². The number of fused-ring (bicyclic) bond motifs is 5. The quantitative estimate of drug-likeness (QED) is 0.0346. The number of unbranched alkanes of at least 4 members (excludes halogenated alkanes) is 22. The van der Waals surface area contributed by atoms with Gasteiger partial charge >= 0.3 is 5.97 Å². The van der Waals surface area contributed by atoms with Crippen LogP contribution in [0, 0.1) is 46.3 Å². The molecule has 3 saturated carbocycles. The van der Waals surface area contributed by atoms with Crippen LogP contribution in [0.2, 0.25) is 0 Å². The third-order valence-corrected chi connectivity index (χ3v) is 19.2. The van der Waals surface area contributed by atoms with Crippen molar-refractivity contribution in [3.63, 3.8) is 0 Å². The molecule has 2 nitrogen and oxygen atoms in total. The van der Waals surface area contributed by atoms with Crippen LogP contribution in [0.4, 0.5) is 0 Å². The van der Waals surface area contributed by atoms with Gasteiger partial charge in [0, 0.05) is 12.8 Å². The topological polar surface area (TPSA) is 26.3 Å². The zero-order valence-electron chi connectivity index (χ0n) is 49.4. The Hall–Kier alpha value is -2.35. The Balaban J connectivity index is 0.853. The van der Waals surface area contributed by atoms with Crippen molar-refractivity contribution in [3.05, 3.63) is 84.6 Å². The number of carbonyl (C=O) groups is 1. The van der Waals surface area contributed by atoms with Crippen LogP contribution in [-0.4, -0.2) is 12.1 Å². The number of esters is 1. The van der Waals surface area contributed by atoms with Gasteiger partial charge in [0.2, 0.25) is 0 Å². The molecule has 8 unspecified atom stereocenters. The lowest BCUT2D eigenvalue weighted by molar-refractivity contribution is -0.151. The molecule has 0 aromatic rings. The standard InChI is InChI=1S/C71H120O2/c1-7-8-9-10-11-12-13-14-15-16-17-18-19-20-21-22-23-24-25-26-27-28-29-30-31-32-33-34-35-36-37-38-39-40-41-42-43-44-45-46-47-51-69(72)73-64-56-58-70(5)63(60-64)52-53-65-67-55-54-66(62(4)50-48-49-61(2)3)71(67,6)59-57-68(65)70/h8-9,11-12,14-15,17-18,20-21,23-24,52,61-62,64-68H,7,10,13,16,19,22,25-51,53-60H2,1-6H3/b9-8-,12-11-,15-14-,18-17-,21-20-,24-23-. The molecule has 0 amide bonds. The van der Waals surface area contributed by atoms with E-state index in [1.165, 1.54) is 199 Å². The highest BCUT2D eigenvalue weighted by atomic mass is 16.5. The fourth-order valence-corrected chi connectivity index (χ4v) is 14.7. The summed E-state index contributed by atoms with van der Waals surface area (Å²) in [6.45, 7) is 14.9. The van der Waals surface area contributed by atoms with E-state index in [9.17, 15) is 4.79 Å². The Morgan fingerprint density at radius 3 is 1.49 bits per heavy atom. The first kappa shape index (κ1) is 63.2. The summed E-state index contributed by atoms with van der Waals surface area (Å²) in [5.41, 5.74) is 2.52. The van der Waals surface area contributed by atoms with Crippen molar-refractivity contribution in [2.24, 2.45) is 46.3 Å². The van der Waals surface area contributed by atoms with Crippen molar-refractivity contribution in [2.75, 3.05) is 0 Å². The Morgan fingerprint density at radius 2 is 1.00 bits per heavy atom. The second-order valence-corrected chi connectivity index (χ2v) is 25.4. The molecule has 0 aliphatic heterocycles. The fourth-order valence-electron chi connectivity index (χ4n) is 14.7. The third-order valence-electron chi connectivity index (χ3n) is 19.2. The van der Waals surface area contributed by atoms with Crippen molar-refractivity contribution < 1.29 is 9.53 Å². The van der Waals surface area contributed by atoms with Gasteiger partial charge in [-0.1, -0.05) is 274 Å². The van der Waals surface area contributed by atoms with Gasteiger partial charge in [-0.05, 0) is 149 Å². The lowest BCUT2D eigenvalue weighted by atomic mass is 9.47. The molecule has 0 N–H and O–H groups in total. The monoisotopic (exact) mass is 1000 g/mol. The predicted molar refractivity (Wildman–Crippen MR) is 322 cm³/mol. The summed E-state index contributed by atoms with van der Waals surface area (Å²) in [4.78, 5) is 13.0. The molecular formula is C71H120O2. The first-order valence-corrected chi connectivity index (χ1v) is 32.5. The number of allylic oxidation sites excluding steroid dienone is 13. The van der Waals surface area contributed by atoms with Gasteiger partial charge in [-0.15, -0.1) is 0 Å². The minimum Gasteiger partial charge on any atom is -0.462 e. The zero-order chi connectivity index (χ0) is 52.1. The zero-order valence-corrected chi connectivity index (χ0v) is 49.4. The number of carbonyl (C=O) groups excluding carboxylic acids is 1. The second kappa shape index (κ2) is 39.1. The van der Waals surface area contributed by atoms with Gasteiger partial charge in [0.1, 0.15) is 6.10 Å². The molecule has 73 heavy (non-hydrogen) atoms. The fraction of sp³-hybridized carbons (Fsp3) is 0.789. The normalized spacial score (nSPS) is 25.8. The maximum absolute atomic E-state index is 13.0. The molecule has 0 spiro atoms. The first-order valence-electron chi connectivity index (χ1n) is 32.5. The summed E-state index contributed by atoms with van der Waals surface area (Å²) in [5, 5.41) is 0. The summed E-state index contributed by atoms with van der Waals surface area (Å²) >= 11 is 0. The van der Waals surface area contributed by atoms with Crippen LogP contribution in [0.25, 0.3) is 0 Å². The molecule has 4 rings (SSSR count). The van der Waals surface area contributed by atoms with Crippen LogP contribution in [0.5, 0.6) is 0 Å². The largest absolute Gasteiger partial charge is 0.462 e. The Kier molecular flexibility index (Phi) is 33.8. The first-order chi connectivity index (χ1) is 35.7. The highest BCUT2D eigenvalue weighted by Gasteiger charge is 2.59. The molecule has 0 bridgehead atoms. The molecule has 8 atom stereocenters. The summed E-state index contributed by atoms with van der Waals surface area (Å²) < 4.78 is 6.19. The van der Waals surface area contributed by atoms with Crippen molar-refractivity contribution in [3.8, 4) is 0 Å². The number of ether oxygens (including phenoxy) is 1. The van der Waals surface area contributed by atoms with Gasteiger partial charge in [-0.3, -0.25) is 4.79 Å². The molecule has 3 fully saturated rings. The van der Waals surface area contributed by atoms with Gasteiger partial charge in [0.15, 0.2) is 0 Å². The molecule has 4 aliphatic carbocycles. The lowest BCUT2D eigenvalue weighted by Gasteiger charge is -2.58. The van der Waals surface area contributed by atoms with Gasteiger partial charge in [-0.2, -0.15) is 0 Å². The maximum atomic E-state index is 13.0. The molecule has 416 valence electrons. The SMILES string of the molecule is CC/C=C\C/C=C\C/C=C\C/C=C\C/C=C\C/C=C\CCCCCCCCCCCCCCCCCCCCCCCCC(=O)OC1CCC2(C)C(=CCC3C2CCC2(C)C(C(C)CCCC(C)C)CCC32)C1. The van der Waals surface area contributed by atoms with E-state index < -0.39 is 0 Å². The van der Waals surface area contributed by atoms with Crippen molar-refractivity contribution in [2.45, 2.75) is 311 Å². The van der Waals surface area contributed by atoms with Crippen molar-refractivity contribution >= 4 is 5.97 Å². The third kappa shape index (κ3) is 25.1. The van der Waals surface area contributed by atoms with E-state index in [1.54, 1.807) is 5.57 Å². The molecule has 4 aliphatic rings. The van der Waals surface area contributed by atoms with E-state index in [-0.39, 0.29) is 12.1 Å². The molecule has 2 heteroatoms. The van der Waals surface area contributed by atoms with Gasteiger partial charge < -0.3 is 4.74 Å². The predicted octanol–water partition coefficient (Wildman–Crippen LogP) is 23.0. The number of rotatable bonds is 42. The molecule has 0 heterocycles. The summed E-state index contributed by atoms with van der Waals surface area (Å²) in [5.74, 6) is 5.31. The van der Waals surface area contributed by atoms with E-state index in [0.29, 0.717) is 17.3 Å². The van der Waals surface area contributed by atoms with E-state index in [0.717, 1.165) is 93.3 Å². The van der Waals surface area contributed by atoms with Gasteiger partial charge in [0.05, 0.1) is 0 Å². The Labute approximate surface area is 455 Å². The molecule has 0 saturated heterocycles. The van der Waals surface area contributed by atoms with Crippen LogP contribution in [0.3, 0.4) is 0 Å². The van der Waals surface area contributed by atoms with Crippen molar-refractivity contribution in [1.29, 1.82) is 0 Å². The van der Waals surface area contributed by atoms with Crippen LogP contribution < -0.4 is 0 Å². The minimum absolute atomic E-state index is 0.0663. The van der Waals surface area contributed by atoms with E-state index in [1.807, 2.05) is 0 Å². The number of hydrogen-bond acceptors (Lipinski definition) is 2. The van der Waals surface area contributed by atoms with Crippen LogP contribution in [-0.2, 0) is 9.53 Å². The molecule has 0 aromatic carbocycles. The molecule has 0 aromatic heterocycles. The summed E-state index contributed by atoms with van der Waals surface area (Å²) in [6.07, 6.45) is 83.3. The average Bonchev–Trinajstić information content (AvgIpc) is 3.74. The summed E-state index contributed by atoms with van der Waals surface area (Å²) in [6, 6.07) is 0. The minimum atomic E-state index is 0.0663. The van der Waals surface area contributed by atoms with E-state index in [2.05, 4.69) is 121 Å². The van der Waals surface area contributed by atoms with E-state index >= 15 is 0 Å². The van der Waals surface area contributed by atoms with Gasteiger partial charge in [-0.25, -0.2) is 0 Å². The highest BCUT2D eigenvalue weighted by molar-refractivity contribution is 5.69. The van der Waals surface area contributed by atoms with Crippen LogP contribution in [0.15, 0.2) is 84.6 Å². The highest BCUT2D eigenvalue weighted by Crippen LogP contribution is 2.67. The smallest absolute Gasteiger partial charge is 0.306 e.